The van der Waals surface area contributed by atoms with Crippen molar-refractivity contribution in [1.29, 1.82) is 0 Å². The van der Waals surface area contributed by atoms with Crippen LogP contribution in [0.25, 0.3) is 16.3 Å². The second-order valence-corrected chi connectivity index (χ2v) is 7.01. The third-order valence-corrected chi connectivity index (χ3v) is 4.84. The Labute approximate surface area is 157 Å². The molecule has 2 aromatic carbocycles. The smallest absolute Gasteiger partial charge is 0.250 e. The highest BCUT2D eigenvalue weighted by molar-refractivity contribution is 9.10. The van der Waals surface area contributed by atoms with Crippen LogP contribution in [0.1, 0.15) is 5.56 Å². The molecule has 0 saturated heterocycles. The molecule has 0 aliphatic heterocycles. The fourth-order valence-corrected chi connectivity index (χ4v) is 3.65. The van der Waals surface area contributed by atoms with Crippen molar-refractivity contribution in [3.8, 4) is 11.5 Å². The topological polar surface area (TPSA) is 60.5 Å². The number of ether oxygens (including phenoxy) is 2. The van der Waals surface area contributed by atoms with Gasteiger partial charge in [-0.25, -0.2) is 4.98 Å². The fraction of sp³-hybridized carbons (Fsp3) is 0.111. The lowest BCUT2D eigenvalue weighted by atomic mass is 10.2. The van der Waals surface area contributed by atoms with Gasteiger partial charge in [-0.3, -0.25) is 10.1 Å². The van der Waals surface area contributed by atoms with Gasteiger partial charge >= 0.3 is 0 Å². The molecule has 0 saturated carbocycles. The Morgan fingerprint density at radius 3 is 2.72 bits per heavy atom. The van der Waals surface area contributed by atoms with Gasteiger partial charge < -0.3 is 9.47 Å². The van der Waals surface area contributed by atoms with E-state index in [9.17, 15) is 4.79 Å². The SMILES string of the molecule is COc1ccc(C=CC(=O)Nc2nc3ccc(Br)cc3s2)cc1OC. The average molecular weight is 419 g/mol. The van der Waals surface area contributed by atoms with Crippen molar-refractivity contribution in [3.05, 3.63) is 52.5 Å². The predicted molar refractivity (Wildman–Crippen MR) is 105 cm³/mol. The van der Waals surface area contributed by atoms with E-state index in [0.29, 0.717) is 16.6 Å². The van der Waals surface area contributed by atoms with Gasteiger partial charge in [-0.05, 0) is 42.0 Å². The molecule has 1 amide bonds. The number of carbonyl (C=O) groups is 1. The Balaban J connectivity index is 1.71. The third-order valence-electron chi connectivity index (χ3n) is 3.42. The number of thiazole rings is 1. The molecular weight excluding hydrogens is 404 g/mol. The molecule has 0 atom stereocenters. The molecule has 0 aliphatic rings. The number of nitrogens with one attached hydrogen (secondary N) is 1. The lowest BCUT2D eigenvalue weighted by molar-refractivity contribution is -0.111. The van der Waals surface area contributed by atoms with Crippen molar-refractivity contribution in [2.45, 2.75) is 0 Å². The van der Waals surface area contributed by atoms with E-state index in [1.54, 1.807) is 32.4 Å². The molecule has 0 fully saturated rings. The van der Waals surface area contributed by atoms with Crippen molar-refractivity contribution in [2.24, 2.45) is 0 Å². The highest BCUT2D eigenvalue weighted by atomic mass is 79.9. The Morgan fingerprint density at radius 1 is 1.16 bits per heavy atom. The van der Waals surface area contributed by atoms with Gasteiger partial charge in [0.2, 0.25) is 5.91 Å². The van der Waals surface area contributed by atoms with Crippen LogP contribution in [0.15, 0.2) is 46.9 Å². The number of hydrogen-bond donors (Lipinski definition) is 1. The molecule has 5 nitrogen and oxygen atoms in total. The zero-order valence-corrected chi connectivity index (χ0v) is 16.0. The molecule has 0 spiro atoms. The summed E-state index contributed by atoms with van der Waals surface area (Å²) in [5, 5.41) is 3.35. The van der Waals surface area contributed by atoms with Crippen LogP contribution in [-0.2, 0) is 4.79 Å². The Kier molecular flexibility index (Phi) is 5.35. The maximum Gasteiger partial charge on any atom is 0.250 e. The molecule has 1 aromatic heterocycles. The van der Waals surface area contributed by atoms with Crippen molar-refractivity contribution in [1.82, 2.24) is 4.98 Å². The second-order valence-electron chi connectivity index (χ2n) is 5.07. The summed E-state index contributed by atoms with van der Waals surface area (Å²) in [5.41, 5.74) is 1.69. The van der Waals surface area contributed by atoms with E-state index < -0.39 is 0 Å². The lowest BCUT2D eigenvalue weighted by Crippen LogP contribution is -2.07. The molecule has 0 unspecified atom stereocenters. The average Bonchev–Trinajstić information content (AvgIpc) is 3.00. The summed E-state index contributed by atoms with van der Waals surface area (Å²) in [4.78, 5) is 16.5. The second kappa shape index (κ2) is 7.67. The Hall–Kier alpha value is -2.38. The lowest BCUT2D eigenvalue weighted by Gasteiger charge is -2.07. The standard InChI is InChI=1S/C18H15BrN2O3S/c1-23-14-7-3-11(9-15(14)24-2)4-8-17(22)21-18-20-13-6-5-12(19)10-16(13)25-18/h3-10H,1-2H3,(H,20,21,22). The van der Waals surface area contributed by atoms with Crippen LogP contribution in [0.5, 0.6) is 11.5 Å². The van der Waals surface area contributed by atoms with Crippen LogP contribution in [-0.4, -0.2) is 25.1 Å². The first kappa shape index (κ1) is 17.4. The van der Waals surface area contributed by atoms with Crippen LogP contribution in [0, 0.1) is 0 Å². The van der Waals surface area contributed by atoms with Crippen LogP contribution in [0.2, 0.25) is 0 Å². The van der Waals surface area contributed by atoms with Gasteiger partial charge in [0.25, 0.3) is 0 Å². The molecule has 25 heavy (non-hydrogen) atoms. The third kappa shape index (κ3) is 4.18. The number of benzene rings is 2. The van der Waals surface area contributed by atoms with E-state index in [-0.39, 0.29) is 5.91 Å². The van der Waals surface area contributed by atoms with E-state index in [0.717, 1.165) is 20.3 Å². The Bertz CT molecular complexity index is 953. The van der Waals surface area contributed by atoms with Crippen LogP contribution in [0.4, 0.5) is 5.13 Å². The van der Waals surface area contributed by atoms with Crippen molar-refractivity contribution < 1.29 is 14.3 Å². The molecule has 7 heteroatoms. The molecule has 0 radical (unpaired) electrons. The molecule has 0 bridgehead atoms. The number of nitrogens with zero attached hydrogens (tertiary/aromatic N) is 1. The van der Waals surface area contributed by atoms with Gasteiger partial charge in [-0.1, -0.05) is 33.3 Å². The van der Waals surface area contributed by atoms with Crippen LogP contribution in [0.3, 0.4) is 0 Å². The van der Waals surface area contributed by atoms with E-state index >= 15 is 0 Å². The monoisotopic (exact) mass is 418 g/mol. The number of hydrogen-bond acceptors (Lipinski definition) is 5. The van der Waals surface area contributed by atoms with Gasteiger partial charge in [-0.2, -0.15) is 0 Å². The first-order chi connectivity index (χ1) is 12.1. The predicted octanol–water partition coefficient (Wildman–Crippen LogP) is 4.73. The van der Waals surface area contributed by atoms with Gasteiger partial charge in [0, 0.05) is 10.5 Å². The van der Waals surface area contributed by atoms with Crippen LogP contribution >= 0.6 is 27.3 Å². The van der Waals surface area contributed by atoms with Gasteiger partial charge in [0.05, 0.1) is 24.4 Å². The maximum absolute atomic E-state index is 12.1. The number of methoxy groups -OCH3 is 2. The van der Waals surface area contributed by atoms with E-state index in [4.69, 9.17) is 9.47 Å². The van der Waals surface area contributed by atoms with Crippen LogP contribution < -0.4 is 14.8 Å². The first-order valence-corrected chi connectivity index (χ1v) is 8.97. The number of aromatic nitrogens is 1. The van der Waals surface area contributed by atoms with Gasteiger partial charge in [-0.15, -0.1) is 0 Å². The van der Waals surface area contributed by atoms with Gasteiger partial charge in [0.15, 0.2) is 16.6 Å². The highest BCUT2D eigenvalue weighted by Gasteiger charge is 2.07. The fourth-order valence-electron chi connectivity index (χ4n) is 2.23. The Morgan fingerprint density at radius 2 is 1.96 bits per heavy atom. The maximum atomic E-state index is 12.1. The van der Waals surface area contributed by atoms with Crippen molar-refractivity contribution >= 4 is 54.6 Å². The molecule has 128 valence electrons. The largest absolute Gasteiger partial charge is 0.493 e. The summed E-state index contributed by atoms with van der Waals surface area (Å²) >= 11 is 4.86. The number of rotatable bonds is 5. The molecule has 1 heterocycles. The zero-order valence-electron chi connectivity index (χ0n) is 13.6. The van der Waals surface area contributed by atoms with E-state index in [1.807, 2.05) is 24.3 Å². The van der Waals surface area contributed by atoms with E-state index in [2.05, 4.69) is 26.2 Å². The molecule has 1 N–H and O–H groups in total. The van der Waals surface area contributed by atoms with Crippen molar-refractivity contribution in [3.63, 3.8) is 0 Å². The number of fused-ring (bicyclic) bond motifs is 1. The minimum absolute atomic E-state index is 0.243. The number of halogens is 1. The number of carbonyl (C=O) groups excluding carboxylic acids is 1. The molecule has 3 rings (SSSR count). The summed E-state index contributed by atoms with van der Waals surface area (Å²) in [6.45, 7) is 0. The zero-order chi connectivity index (χ0) is 17.8. The quantitative estimate of drug-likeness (QED) is 0.608. The summed E-state index contributed by atoms with van der Waals surface area (Å²) in [7, 11) is 3.15. The summed E-state index contributed by atoms with van der Waals surface area (Å²) in [5.74, 6) is 1.01. The molecular formula is C18H15BrN2O3S. The summed E-state index contributed by atoms with van der Waals surface area (Å²) in [6, 6.07) is 11.2. The molecule has 0 aliphatic carbocycles. The molecule has 3 aromatic rings. The summed E-state index contributed by atoms with van der Waals surface area (Å²) < 4.78 is 12.4. The normalized spacial score (nSPS) is 11.0. The minimum Gasteiger partial charge on any atom is -0.493 e. The number of anilines is 1. The number of amides is 1. The minimum atomic E-state index is -0.243. The first-order valence-electron chi connectivity index (χ1n) is 7.36. The van der Waals surface area contributed by atoms with E-state index in [1.165, 1.54) is 17.4 Å². The van der Waals surface area contributed by atoms with Gasteiger partial charge in [0.1, 0.15) is 0 Å². The van der Waals surface area contributed by atoms with Crippen molar-refractivity contribution in [2.75, 3.05) is 19.5 Å². The highest BCUT2D eigenvalue weighted by Crippen LogP contribution is 2.29. The summed E-state index contributed by atoms with van der Waals surface area (Å²) in [6.07, 6.45) is 3.17.